The largest absolute Gasteiger partial charge is 0.497 e. The van der Waals surface area contributed by atoms with E-state index in [1.807, 2.05) is 13.8 Å². The molecule has 33 heavy (non-hydrogen) atoms. The van der Waals surface area contributed by atoms with Gasteiger partial charge in [0, 0.05) is 30.5 Å². The molecule has 2 N–H and O–H groups in total. The van der Waals surface area contributed by atoms with Gasteiger partial charge in [-0.1, -0.05) is 13.8 Å². The van der Waals surface area contributed by atoms with Crippen LogP contribution < -0.4 is 15.6 Å². The van der Waals surface area contributed by atoms with Crippen molar-refractivity contribution in [1.29, 1.82) is 0 Å². The first-order valence-electron chi connectivity index (χ1n) is 10.5. The number of ether oxygens (including phenoxy) is 1. The van der Waals surface area contributed by atoms with Gasteiger partial charge in [-0.15, -0.1) is 0 Å². The van der Waals surface area contributed by atoms with E-state index in [1.54, 1.807) is 43.5 Å². The van der Waals surface area contributed by atoms with E-state index >= 15 is 0 Å². The molecule has 0 fully saturated rings. The van der Waals surface area contributed by atoms with E-state index in [4.69, 9.17) is 14.3 Å². The third-order valence-electron chi connectivity index (χ3n) is 5.47. The van der Waals surface area contributed by atoms with Crippen molar-refractivity contribution >= 4 is 11.7 Å². The molecule has 1 aromatic carbocycles. The predicted octanol–water partition coefficient (Wildman–Crippen LogP) is 3.13. The summed E-state index contributed by atoms with van der Waals surface area (Å²) in [5.41, 5.74) is 0.791. The van der Waals surface area contributed by atoms with E-state index in [2.05, 4.69) is 5.32 Å². The number of hydrogen-bond donors (Lipinski definition) is 2. The Morgan fingerprint density at radius 2 is 1.85 bits per heavy atom. The summed E-state index contributed by atoms with van der Waals surface area (Å²) in [7, 11) is 2.56. The normalized spacial score (nSPS) is 14.0. The van der Waals surface area contributed by atoms with Gasteiger partial charge in [0.1, 0.15) is 17.1 Å². The van der Waals surface area contributed by atoms with Crippen molar-refractivity contribution in [1.82, 2.24) is 9.88 Å². The number of benzene rings is 1. The Kier molecular flexibility index (Phi) is 7.18. The summed E-state index contributed by atoms with van der Waals surface area (Å²) >= 11 is 0. The number of aliphatic hydroxyl groups excluding tert-OH is 1. The Morgan fingerprint density at radius 3 is 2.45 bits per heavy atom. The molecule has 0 saturated carbocycles. The average Bonchev–Trinajstić information content (AvgIpc) is 3.32. The second kappa shape index (κ2) is 9.87. The molecule has 8 heteroatoms. The smallest absolute Gasteiger partial charge is 0.268 e. The van der Waals surface area contributed by atoms with Gasteiger partial charge < -0.3 is 19.6 Å². The molecule has 1 aliphatic carbocycles. The van der Waals surface area contributed by atoms with Gasteiger partial charge in [-0.25, -0.2) is 0 Å². The zero-order valence-electron chi connectivity index (χ0n) is 19.2. The molecule has 0 spiro atoms. The van der Waals surface area contributed by atoms with Gasteiger partial charge in [0.25, 0.3) is 11.5 Å². The third-order valence-corrected chi connectivity index (χ3v) is 5.47. The van der Waals surface area contributed by atoms with Gasteiger partial charge in [-0.3, -0.25) is 19.0 Å². The molecular weight excluding hydrogens is 424 g/mol. The van der Waals surface area contributed by atoms with Crippen LogP contribution in [0.1, 0.15) is 52.4 Å². The van der Waals surface area contributed by atoms with Gasteiger partial charge in [-0.2, -0.15) is 0 Å². The van der Waals surface area contributed by atoms with E-state index in [0.717, 1.165) is 7.11 Å². The second-order valence-corrected chi connectivity index (χ2v) is 8.46. The number of hydrogen-bond acceptors (Lipinski definition) is 6. The summed E-state index contributed by atoms with van der Waals surface area (Å²) in [4.78, 5) is 39.3. The van der Waals surface area contributed by atoms with Crippen molar-refractivity contribution in [3.8, 4) is 11.4 Å². The van der Waals surface area contributed by atoms with Crippen LogP contribution >= 0.6 is 0 Å². The van der Waals surface area contributed by atoms with Crippen LogP contribution in [0.2, 0.25) is 0 Å². The zero-order valence-corrected chi connectivity index (χ0v) is 19.2. The number of carbonyl (C=O) groups is 2. The van der Waals surface area contributed by atoms with Gasteiger partial charge in [0.15, 0.2) is 5.78 Å². The van der Waals surface area contributed by atoms with Crippen molar-refractivity contribution in [3.63, 3.8) is 0 Å². The molecule has 174 valence electrons. The topological polar surface area (TPSA) is 111 Å². The van der Waals surface area contributed by atoms with Crippen molar-refractivity contribution in [2.24, 2.45) is 5.41 Å². The Labute approximate surface area is 191 Å². The molecule has 0 radical (unpaired) electrons. The fourth-order valence-corrected chi connectivity index (χ4v) is 3.96. The highest BCUT2D eigenvalue weighted by Crippen LogP contribution is 2.35. The minimum absolute atomic E-state index is 0.0748. The van der Waals surface area contributed by atoms with Crippen LogP contribution in [-0.4, -0.2) is 35.6 Å². The first-order chi connectivity index (χ1) is 15.8. The Balaban J connectivity index is 0.00000149. The van der Waals surface area contributed by atoms with Crippen molar-refractivity contribution in [2.45, 2.75) is 33.2 Å². The summed E-state index contributed by atoms with van der Waals surface area (Å²) < 4.78 is 11.9. The van der Waals surface area contributed by atoms with Gasteiger partial charge >= 0.3 is 0 Å². The highest BCUT2D eigenvalue weighted by Gasteiger charge is 2.35. The Morgan fingerprint density at radius 1 is 1.15 bits per heavy atom. The number of furan rings is 1. The predicted molar refractivity (Wildman–Crippen MR) is 123 cm³/mol. The lowest BCUT2D eigenvalue weighted by Crippen LogP contribution is -2.38. The minimum atomic E-state index is -0.552. The molecule has 0 bridgehead atoms. The van der Waals surface area contributed by atoms with E-state index in [-0.39, 0.29) is 23.3 Å². The number of aliphatic hydroxyl groups is 1. The van der Waals surface area contributed by atoms with E-state index in [9.17, 15) is 14.4 Å². The maximum absolute atomic E-state index is 13.5. The first-order valence-corrected chi connectivity index (χ1v) is 10.5. The number of aromatic nitrogens is 1. The highest BCUT2D eigenvalue weighted by atomic mass is 16.5. The first kappa shape index (κ1) is 24.0. The number of Topliss-reactive ketones (excluding diaryl/α,β-unsaturated/α-hetero) is 1. The van der Waals surface area contributed by atoms with Gasteiger partial charge in [0.05, 0.1) is 19.9 Å². The van der Waals surface area contributed by atoms with Crippen LogP contribution in [0.4, 0.5) is 0 Å². The number of methoxy groups -OCH3 is 1. The molecule has 2 aromatic heterocycles. The lowest BCUT2D eigenvalue weighted by molar-refractivity contribution is 0.0908. The van der Waals surface area contributed by atoms with Gasteiger partial charge in [-0.05, 0) is 54.3 Å². The molecule has 2 heterocycles. The third kappa shape index (κ3) is 5.06. The molecule has 0 saturated heterocycles. The zero-order chi connectivity index (χ0) is 24.2. The SMILES string of the molecule is CO.COc1ccc(-n2c3c(cc(C(=O)NCc4ccco4)c2=O)C(=O)CC(C)(C)C3)cc1. The van der Waals surface area contributed by atoms with Crippen molar-refractivity contribution in [2.75, 3.05) is 14.2 Å². The molecular formula is C25H28N2O6. The van der Waals surface area contributed by atoms with Crippen LogP contribution in [-0.2, 0) is 13.0 Å². The number of rotatable bonds is 5. The average molecular weight is 453 g/mol. The molecule has 0 unspecified atom stereocenters. The number of amides is 1. The number of nitrogens with one attached hydrogen (secondary N) is 1. The van der Waals surface area contributed by atoms with Crippen LogP contribution in [0.5, 0.6) is 5.75 Å². The lowest BCUT2D eigenvalue weighted by Gasteiger charge is -2.32. The molecule has 1 amide bonds. The second-order valence-electron chi connectivity index (χ2n) is 8.46. The van der Waals surface area contributed by atoms with Crippen molar-refractivity contribution < 1.29 is 23.8 Å². The molecule has 8 nitrogen and oxygen atoms in total. The van der Waals surface area contributed by atoms with Crippen molar-refractivity contribution in [3.05, 3.63) is 81.7 Å². The van der Waals surface area contributed by atoms with Gasteiger partial charge in [0.2, 0.25) is 0 Å². The molecule has 0 aliphatic heterocycles. The van der Waals surface area contributed by atoms with E-state index in [1.165, 1.54) is 16.9 Å². The number of fused-ring (bicyclic) bond motifs is 1. The molecule has 4 rings (SSSR count). The Hall–Kier alpha value is -3.65. The highest BCUT2D eigenvalue weighted by molar-refractivity contribution is 6.02. The summed E-state index contributed by atoms with van der Waals surface area (Å²) in [6, 6.07) is 11.9. The fraction of sp³-hybridized carbons (Fsp3) is 0.320. The minimum Gasteiger partial charge on any atom is -0.497 e. The van der Waals surface area contributed by atoms with Crippen LogP contribution in [0, 0.1) is 5.41 Å². The molecule has 3 aromatic rings. The lowest BCUT2D eigenvalue weighted by atomic mass is 9.75. The monoisotopic (exact) mass is 452 g/mol. The molecule has 0 atom stereocenters. The standard InChI is InChI=1S/C24H24N2O5.CH4O/c1-24(2)12-20-18(21(27)13-24)11-19(22(28)25-14-17-5-4-10-31-17)23(29)26(20)15-6-8-16(30-3)9-7-15;1-2/h4-11H,12-14H2,1-3H3,(H,25,28);2H,1H3. The summed E-state index contributed by atoms with van der Waals surface area (Å²) in [6.45, 7) is 4.15. The van der Waals surface area contributed by atoms with Crippen LogP contribution in [0.15, 0.2) is 57.9 Å². The fourth-order valence-electron chi connectivity index (χ4n) is 3.96. The van der Waals surface area contributed by atoms with Crippen LogP contribution in [0.3, 0.4) is 0 Å². The quantitative estimate of drug-likeness (QED) is 0.615. The number of pyridine rings is 1. The molecule has 1 aliphatic rings. The summed E-state index contributed by atoms with van der Waals surface area (Å²) in [5, 5.41) is 9.70. The van der Waals surface area contributed by atoms with E-state index < -0.39 is 11.5 Å². The number of nitrogens with zero attached hydrogens (tertiary/aromatic N) is 1. The Bertz CT molecular complexity index is 1190. The number of ketones is 1. The van der Waals surface area contributed by atoms with Crippen LogP contribution in [0.25, 0.3) is 5.69 Å². The summed E-state index contributed by atoms with van der Waals surface area (Å²) in [6.07, 6.45) is 2.41. The number of carbonyl (C=O) groups excluding carboxylic acids is 2. The maximum Gasteiger partial charge on any atom is 0.268 e. The van der Waals surface area contributed by atoms with E-state index in [0.29, 0.717) is 41.3 Å². The summed E-state index contributed by atoms with van der Waals surface area (Å²) in [5.74, 6) is 0.590. The maximum atomic E-state index is 13.5.